The van der Waals surface area contributed by atoms with Crippen LogP contribution < -0.4 is 0 Å². The van der Waals surface area contributed by atoms with Gasteiger partial charge in [0.1, 0.15) is 23.4 Å². The van der Waals surface area contributed by atoms with Crippen molar-refractivity contribution < 1.29 is 13.3 Å². The van der Waals surface area contributed by atoms with Crippen LogP contribution >= 0.6 is 0 Å². The molecule has 5 rings (SSSR count). The standard InChI is InChI=1S/C23H18N2O3/c1-15-21(25-23(27-15)17-5-3-2-4-6-17)12-20-11-18-9-16(7-8-22(18)28-20)10-19-13-26-14-24-19/h2-9,11,13-14H,10,12H2,1H3. The average molecular weight is 370 g/mol. The minimum Gasteiger partial charge on any atom is -0.461 e. The van der Waals surface area contributed by atoms with Crippen molar-refractivity contribution in [2.24, 2.45) is 0 Å². The molecule has 0 saturated heterocycles. The normalized spacial score (nSPS) is 11.3. The third kappa shape index (κ3) is 3.22. The molecular formula is C23H18N2O3. The summed E-state index contributed by atoms with van der Waals surface area (Å²) in [6, 6.07) is 18.2. The van der Waals surface area contributed by atoms with Gasteiger partial charge in [0, 0.05) is 17.4 Å². The molecule has 28 heavy (non-hydrogen) atoms. The fraction of sp³-hybridized carbons (Fsp3) is 0.130. The Hall–Kier alpha value is -3.60. The number of benzene rings is 2. The van der Waals surface area contributed by atoms with E-state index >= 15 is 0 Å². The first-order valence-corrected chi connectivity index (χ1v) is 9.15. The van der Waals surface area contributed by atoms with Crippen LogP contribution in [0.25, 0.3) is 22.4 Å². The van der Waals surface area contributed by atoms with Crippen LogP contribution in [0.4, 0.5) is 0 Å². The van der Waals surface area contributed by atoms with Crippen LogP contribution in [-0.2, 0) is 12.8 Å². The Labute approximate surface area is 161 Å². The first-order valence-electron chi connectivity index (χ1n) is 9.15. The van der Waals surface area contributed by atoms with Gasteiger partial charge in [-0.05, 0) is 42.8 Å². The van der Waals surface area contributed by atoms with Crippen LogP contribution in [-0.4, -0.2) is 9.97 Å². The lowest BCUT2D eigenvalue weighted by Crippen LogP contribution is -1.88. The van der Waals surface area contributed by atoms with Gasteiger partial charge in [0.05, 0.1) is 17.8 Å². The molecule has 3 aromatic heterocycles. The number of hydrogen-bond acceptors (Lipinski definition) is 5. The van der Waals surface area contributed by atoms with Crippen LogP contribution in [0.1, 0.15) is 28.5 Å². The molecule has 0 N–H and O–H groups in total. The molecule has 5 nitrogen and oxygen atoms in total. The Bertz CT molecular complexity index is 1220. The van der Waals surface area contributed by atoms with Gasteiger partial charge in [-0.25, -0.2) is 9.97 Å². The number of nitrogens with zero attached hydrogens (tertiary/aromatic N) is 2. The number of aromatic nitrogens is 2. The van der Waals surface area contributed by atoms with Crippen molar-refractivity contribution in [3.8, 4) is 11.5 Å². The Morgan fingerprint density at radius 2 is 1.82 bits per heavy atom. The van der Waals surface area contributed by atoms with E-state index < -0.39 is 0 Å². The summed E-state index contributed by atoms with van der Waals surface area (Å²) in [6.45, 7) is 1.94. The molecule has 138 valence electrons. The minimum atomic E-state index is 0.593. The Balaban J connectivity index is 1.40. The van der Waals surface area contributed by atoms with Crippen molar-refractivity contribution in [3.05, 3.63) is 95.7 Å². The molecule has 0 spiro atoms. The van der Waals surface area contributed by atoms with Crippen LogP contribution in [0, 0.1) is 6.92 Å². The fourth-order valence-corrected chi connectivity index (χ4v) is 3.34. The maximum atomic E-state index is 6.02. The maximum absolute atomic E-state index is 6.02. The molecule has 5 heteroatoms. The van der Waals surface area contributed by atoms with E-state index in [-0.39, 0.29) is 0 Å². The number of fused-ring (bicyclic) bond motifs is 1. The zero-order valence-corrected chi connectivity index (χ0v) is 15.4. The van der Waals surface area contributed by atoms with Gasteiger partial charge in [0.2, 0.25) is 5.89 Å². The predicted molar refractivity (Wildman–Crippen MR) is 105 cm³/mol. The van der Waals surface area contributed by atoms with Gasteiger partial charge in [-0.15, -0.1) is 0 Å². The molecule has 0 aliphatic heterocycles. The number of oxazole rings is 2. The summed E-state index contributed by atoms with van der Waals surface area (Å²) in [4.78, 5) is 8.85. The topological polar surface area (TPSA) is 65.2 Å². The van der Waals surface area contributed by atoms with E-state index in [2.05, 4.69) is 28.2 Å². The van der Waals surface area contributed by atoms with Gasteiger partial charge in [0.25, 0.3) is 0 Å². The molecule has 0 fully saturated rings. The summed E-state index contributed by atoms with van der Waals surface area (Å²) in [5, 5.41) is 1.07. The third-order valence-corrected chi connectivity index (χ3v) is 4.76. The molecule has 0 saturated carbocycles. The van der Waals surface area contributed by atoms with Gasteiger partial charge in [-0.2, -0.15) is 0 Å². The highest BCUT2D eigenvalue weighted by atomic mass is 16.4. The second-order valence-corrected chi connectivity index (χ2v) is 6.81. The predicted octanol–water partition coefficient (Wildman–Crippen LogP) is 5.57. The van der Waals surface area contributed by atoms with Crippen molar-refractivity contribution >= 4 is 11.0 Å². The van der Waals surface area contributed by atoms with Gasteiger partial charge in [-0.1, -0.05) is 24.3 Å². The van der Waals surface area contributed by atoms with Crippen molar-refractivity contribution in [1.82, 2.24) is 9.97 Å². The second kappa shape index (κ2) is 6.85. The van der Waals surface area contributed by atoms with Crippen LogP contribution in [0.3, 0.4) is 0 Å². The van der Waals surface area contributed by atoms with Gasteiger partial charge < -0.3 is 13.3 Å². The highest BCUT2D eigenvalue weighted by Crippen LogP contribution is 2.26. The van der Waals surface area contributed by atoms with Gasteiger partial charge in [-0.3, -0.25) is 0 Å². The molecular weight excluding hydrogens is 352 g/mol. The maximum Gasteiger partial charge on any atom is 0.226 e. The highest BCUT2D eigenvalue weighted by Gasteiger charge is 2.14. The van der Waals surface area contributed by atoms with E-state index in [0.29, 0.717) is 12.3 Å². The smallest absolute Gasteiger partial charge is 0.226 e. The number of hydrogen-bond donors (Lipinski definition) is 0. The number of furan rings is 1. The lowest BCUT2D eigenvalue weighted by Gasteiger charge is -1.97. The van der Waals surface area contributed by atoms with Crippen molar-refractivity contribution in [2.75, 3.05) is 0 Å². The van der Waals surface area contributed by atoms with Crippen molar-refractivity contribution in [1.29, 1.82) is 0 Å². The van der Waals surface area contributed by atoms with Crippen LogP contribution in [0.15, 0.2) is 80.5 Å². The summed E-state index contributed by atoms with van der Waals surface area (Å²) >= 11 is 0. The Kier molecular flexibility index (Phi) is 4.05. The molecule has 0 amide bonds. The SMILES string of the molecule is Cc1oc(-c2ccccc2)nc1Cc1cc2cc(Cc3cocn3)ccc2o1. The zero-order valence-electron chi connectivity index (χ0n) is 15.4. The average Bonchev–Trinajstić information content (AvgIpc) is 3.43. The third-order valence-electron chi connectivity index (χ3n) is 4.76. The quantitative estimate of drug-likeness (QED) is 0.405. The summed E-state index contributed by atoms with van der Waals surface area (Å²) in [6.07, 6.45) is 4.45. The lowest BCUT2D eigenvalue weighted by molar-refractivity contribution is 0.533. The Morgan fingerprint density at radius 1 is 0.929 bits per heavy atom. The van der Waals surface area contributed by atoms with Crippen LogP contribution in [0.2, 0.25) is 0 Å². The summed E-state index contributed by atoms with van der Waals surface area (Å²) < 4.78 is 16.9. The second-order valence-electron chi connectivity index (χ2n) is 6.81. The molecule has 5 aromatic rings. The minimum absolute atomic E-state index is 0.593. The highest BCUT2D eigenvalue weighted by molar-refractivity contribution is 5.79. The van der Waals surface area contributed by atoms with Crippen LogP contribution in [0.5, 0.6) is 0 Å². The summed E-state index contributed by atoms with van der Waals surface area (Å²) in [5.74, 6) is 2.31. The molecule has 2 aromatic carbocycles. The largest absolute Gasteiger partial charge is 0.461 e. The van der Waals surface area contributed by atoms with Gasteiger partial charge in [0.15, 0.2) is 6.39 Å². The van der Waals surface area contributed by atoms with E-state index in [1.54, 1.807) is 6.26 Å². The van der Waals surface area contributed by atoms with E-state index in [1.165, 1.54) is 6.39 Å². The number of rotatable bonds is 5. The molecule has 0 aliphatic rings. The molecule has 0 unspecified atom stereocenters. The first-order chi connectivity index (χ1) is 13.7. The zero-order chi connectivity index (χ0) is 18.9. The van der Waals surface area contributed by atoms with E-state index in [1.807, 2.05) is 43.3 Å². The van der Waals surface area contributed by atoms with E-state index in [9.17, 15) is 0 Å². The lowest BCUT2D eigenvalue weighted by atomic mass is 10.1. The first kappa shape index (κ1) is 16.6. The van der Waals surface area contributed by atoms with E-state index in [4.69, 9.17) is 13.3 Å². The van der Waals surface area contributed by atoms with Gasteiger partial charge >= 0.3 is 0 Å². The molecule has 0 radical (unpaired) electrons. The van der Waals surface area contributed by atoms with E-state index in [0.717, 1.165) is 51.4 Å². The fourth-order valence-electron chi connectivity index (χ4n) is 3.34. The summed E-state index contributed by atoms with van der Waals surface area (Å²) in [5.41, 5.74) is 4.80. The summed E-state index contributed by atoms with van der Waals surface area (Å²) in [7, 11) is 0. The van der Waals surface area contributed by atoms with Crippen molar-refractivity contribution in [2.45, 2.75) is 19.8 Å². The Morgan fingerprint density at radius 3 is 2.64 bits per heavy atom. The van der Waals surface area contributed by atoms with Crippen molar-refractivity contribution in [3.63, 3.8) is 0 Å². The molecule has 3 heterocycles. The monoisotopic (exact) mass is 370 g/mol. The molecule has 0 aliphatic carbocycles. The number of aryl methyl sites for hydroxylation is 1. The molecule has 0 bridgehead atoms. The molecule has 0 atom stereocenters.